The van der Waals surface area contributed by atoms with Gasteiger partial charge in [0.15, 0.2) is 0 Å². The SMILES string of the molecule is Cn1ncc(Br)c1C(Cc1ccc(Cl)cc1Cl)NN. The number of nitrogens with zero attached hydrogens (tertiary/aromatic N) is 2. The van der Waals surface area contributed by atoms with E-state index in [4.69, 9.17) is 29.0 Å². The van der Waals surface area contributed by atoms with Gasteiger partial charge in [-0.2, -0.15) is 5.10 Å². The van der Waals surface area contributed by atoms with Gasteiger partial charge >= 0.3 is 0 Å². The molecule has 0 saturated heterocycles. The molecule has 1 atom stereocenters. The molecule has 2 aromatic rings. The fourth-order valence-electron chi connectivity index (χ4n) is 1.95. The van der Waals surface area contributed by atoms with Crippen LogP contribution in [0.1, 0.15) is 17.3 Å². The molecule has 0 aliphatic carbocycles. The molecular formula is C12H13BrCl2N4. The zero-order valence-corrected chi connectivity index (χ0v) is 13.3. The Hall–Kier alpha value is -0.590. The lowest BCUT2D eigenvalue weighted by Crippen LogP contribution is -2.31. The van der Waals surface area contributed by atoms with Crippen LogP contribution in [0.15, 0.2) is 28.9 Å². The number of hydrogen-bond acceptors (Lipinski definition) is 3. The van der Waals surface area contributed by atoms with Crippen LogP contribution in [0, 0.1) is 0 Å². The third-order valence-electron chi connectivity index (χ3n) is 2.91. The summed E-state index contributed by atoms with van der Waals surface area (Å²) in [5, 5.41) is 5.43. The number of nitrogens with two attached hydrogens (primary N) is 1. The van der Waals surface area contributed by atoms with Gasteiger partial charge in [0, 0.05) is 17.1 Å². The van der Waals surface area contributed by atoms with Gasteiger partial charge in [-0.1, -0.05) is 29.3 Å². The minimum absolute atomic E-state index is 0.0967. The van der Waals surface area contributed by atoms with Crippen molar-refractivity contribution in [3.8, 4) is 0 Å². The molecule has 7 heteroatoms. The Balaban J connectivity index is 2.29. The molecule has 0 spiro atoms. The number of hydrazine groups is 1. The van der Waals surface area contributed by atoms with Crippen LogP contribution in [-0.4, -0.2) is 9.78 Å². The molecule has 0 radical (unpaired) electrons. The van der Waals surface area contributed by atoms with Crippen LogP contribution >= 0.6 is 39.1 Å². The van der Waals surface area contributed by atoms with Gasteiger partial charge in [0.1, 0.15) is 0 Å². The minimum atomic E-state index is -0.0967. The smallest absolute Gasteiger partial charge is 0.0709 e. The summed E-state index contributed by atoms with van der Waals surface area (Å²) in [7, 11) is 1.87. The Morgan fingerprint density at radius 2 is 2.21 bits per heavy atom. The maximum atomic E-state index is 6.18. The van der Waals surface area contributed by atoms with E-state index >= 15 is 0 Å². The molecule has 102 valence electrons. The van der Waals surface area contributed by atoms with Gasteiger partial charge in [0.25, 0.3) is 0 Å². The molecule has 0 aliphatic rings. The lowest BCUT2D eigenvalue weighted by molar-refractivity contribution is 0.507. The van der Waals surface area contributed by atoms with Crippen LogP contribution in [0.5, 0.6) is 0 Å². The van der Waals surface area contributed by atoms with Crippen LogP contribution in [0.4, 0.5) is 0 Å². The molecule has 0 aliphatic heterocycles. The highest BCUT2D eigenvalue weighted by molar-refractivity contribution is 9.10. The molecule has 0 bridgehead atoms. The molecule has 19 heavy (non-hydrogen) atoms. The van der Waals surface area contributed by atoms with E-state index in [0.717, 1.165) is 15.7 Å². The summed E-state index contributed by atoms with van der Waals surface area (Å²) in [4.78, 5) is 0. The first kappa shape index (κ1) is 14.8. The zero-order valence-electron chi connectivity index (χ0n) is 10.2. The van der Waals surface area contributed by atoms with E-state index in [1.54, 1.807) is 16.9 Å². The van der Waals surface area contributed by atoms with Crippen molar-refractivity contribution in [1.29, 1.82) is 0 Å². The predicted octanol–water partition coefficient (Wildman–Crippen LogP) is 3.24. The number of benzene rings is 1. The second-order valence-electron chi connectivity index (χ2n) is 4.16. The molecule has 0 saturated carbocycles. The fraction of sp³-hybridized carbons (Fsp3) is 0.250. The van der Waals surface area contributed by atoms with E-state index in [0.29, 0.717) is 16.5 Å². The molecule has 4 nitrogen and oxygen atoms in total. The standard InChI is InChI=1S/C12H13BrCl2N4/c1-19-12(9(13)6-17-19)11(18-16)4-7-2-3-8(14)5-10(7)15/h2-3,5-6,11,18H,4,16H2,1H3. The zero-order chi connectivity index (χ0) is 14.0. The summed E-state index contributed by atoms with van der Waals surface area (Å²) in [5.41, 5.74) is 4.73. The van der Waals surface area contributed by atoms with Gasteiger partial charge in [-0.05, 0) is 40.0 Å². The quantitative estimate of drug-likeness (QED) is 0.647. The van der Waals surface area contributed by atoms with Crippen LogP contribution in [0.3, 0.4) is 0 Å². The number of hydrogen-bond donors (Lipinski definition) is 2. The molecule has 0 amide bonds. The van der Waals surface area contributed by atoms with Gasteiger partial charge in [-0.25, -0.2) is 0 Å². The molecule has 1 aromatic heterocycles. The van der Waals surface area contributed by atoms with Crippen LogP contribution in [-0.2, 0) is 13.5 Å². The summed E-state index contributed by atoms with van der Waals surface area (Å²) in [6, 6.07) is 5.35. The van der Waals surface area contributed by atoms with Gasteiger partial charge in [0.2, 0.25) is 0 Å². The Bertz CT molecular complexity index is 566. The summed E-state index contributed by atoms with van der Waals surface area (Å²) in [6.45, 7) is 0. The lowest BCUT2D eigenvalue weighted by Gasteiger charge is -2.18. The van der Waals surface area contributed by atoms with E-state index < -0.39 is 0 Å². The van der Waals surface area contributed by atoms with Crippen molar-refractivity contribution < 1.29 is 0 Å². The monoisotopic (exact) mass is 362 g/mol. The summed E-state index contributed by atoms with van der Waals surface area (Å²) < 4.78 is 2.68. The molecule has 1 unspecified atom stereocenters. The highest BCUT2D eigenvalue weighted by Gasteiger charge is 2.19. The van der Waals surface area contributed by atoms with Crippen molar-refractivity contribution in [2.45, 2.75) is 12.5 Å². The first-order chi connectivity index (χ1) is 9.02. The van der Waals surface area contributed by atoms with E-state index in [2.05, 4.69) is 26.5 Å². The van der Waals surface area contributed by atoms with Gasteiger partial charge in [-0.3, -0.25) is 16.0 Å². The minimum Gasteiger partial charge on any atom is -0.271 e. The molecule has 1 aromatic carbocycles. The predicted molar refractivity (Wildman–Crippen MR) is 81.1 cm³/mol. The maximum Gasteiger partial charge on any atom is 0.0709 e. The third kappa shape index (κ3) is 3.30. The van der Waals surface area contributed by atoms with Crippen molar-refractivity contribution in [2.24, 2.45) is 12.9 Å². The van der Waals surface area contributed by atoms with Gasteiger partial charge in [0.05, 0.1) is 22.4 Å². The molecule has 3 N–H and O–H groups in total. The lowest BCUT2D eigenvalue weighted by atomic mass is 10.0. The van der Waals surface area contributed by atoms with Crippen LogP contribution < -0.4 is 11.3 Å². The molecule has 2 rings (SSSR count). The second-order valence-corrected chi connectivity index (χ2v) is 5.86. The van der Waals surface area contributed by atoms with Crippen molar-refractivity contribution in [3.63, 3.8) is 0 Å². The fourth-order valence-corrected chi connectivity index (χ4v) is 3.06. The topological polar surface area (TPSA) is 55.9 Å². The van der Waals surface area contributed by atoms with Crippen molar-refractivity contribution in [3.05, 3.63) is 50.2 Å². The van der Waals surface area contributed by atoms with E-state index in [-0.39, 0.29) is 6.04 Å². The van der Waals surface area contributed by atoms with Crippen LogP contribution in [0.2, 0.25) is 10.0 Å². The third-order valence-corrected chi connectivity index (χ3v) is 4.11. The van der Waals surface area contributed by atoms with Gasteiger partial charge < -0.3 is 0 Å². The maximum absolute atomic E-state index is 6.18. The Morgan fingerprint density at radius 3 is 2.74 bits per heavy atom. The molecular weight excluding hydrogens is 351 g/mol. The highest BCUT2D eigenvalue weighted by Crippen LogP contribution is 2.28. The normalized spacial score (nSPS) is 12.7. The Morgan fingerprint density at radius 1 is 1.47 bits per heavy atom. The van der Waals surface area contributed by atoms with E-state index in [9.17, 15) is 0 Å². The average molecular weight is 364 g/mol. The number of aryl methyl sites for hydroxylation is 1. The number of halogens is 3. The Labute approximate surface area is 130 Å². The largest absolute Gasteiger partial charge is 0.271 e. The first-order valence-corrected chi connectivity index (χ1v) is 7.15. The first-order valence-electron chi connectivity index (χ1n) is 5.60. The van der Waals surface area contributed by atoms with Crippen molar-refractivity contribution in [1.82, 2.24) is 15.2 Å². The summed E-state index contributed by atoms with van der Waals surface area (Å²) in [6.07, 6.45) is 2.38. The number of aromatic nitrogens is 2. The highest BCUT2D eigenvalue weighted by atomic mass is 79.9. The van der Waals surface area contributed by atoms with E-state index in [1.165, 1.54) is 0 Å². The summed E-state index contributed by atoms with van der Waals surface area (Å²) >= 11 is 15.5. The number of rotatable bonds is 4. The average Bonchev–Trinajstić information content (AvgIpc) is 2.69. The summed E-state index contributed by atoms with van der Waals surface area (Å²) in [5.74, 6) is 5.65. The van der Waals surface area contributed by atoms with Crippen molar-refractivity contribution in [2.75, 3.05) is 0 Å². The van der Waals surface area contributed by atoms with Gasteiger partial charge in [-0.15, -0.1) is 0 Å². The molecule has 0 fully saturated rings. The van der Waals surface area contributed by atoms with Crippen LogP contribution in [0.25, 0.3) is 0 Å². The Kier molecular flexibility index (Phi) is 4.86. The van der Waals surface area contributed by atoms with E-state index in [1.807, 2.05) is 19.2 Å². The molecule has 1 heterocycles. The second kappa shape index (κ2) is 6.24. The van der Waals surface area contributed by atoms with Crippen molar-refractivity contribution >= 4 is 39.1 Å². The number of nitrogens with one attached hydrogen (secondary N) is 1.